The molecule has 2 heterocycles. The maximum atomic E-state index is 13.9. The van der Waals surface area contributed by atoms with Crippen LogP contribution in [0.15, 0.2) is 48.8 Å². The zero-order valence-electron chi connectivity index (χ0n) is 18.2. The Morgan fingerprint density at radius 2 is 1.76 bits per heavy atom. The molecule has 3 rings (SSSR count). The maximum Gasteiger partial charge on any atom is 1.00 e. The Morgan fingerprint density at radius 1 is 1.09 bits per heavy atom. The molecule has 2 aromatic heterocycles. The molecule has 1 aromatic carbocycles. The molecule has 3 aromatic rings. The van der Waals surface area contributed by atoms with E-state index >= 15 is 0 Å². The van der Waals surface area contributed by atoms with E-state index in [-0.39, 0.29) is 65.9 Å². The first-order chi connectivity index (χ1) is 15.6. The minimum Gasteiger partial charge on any atom is -0.550 e. The Balaban J connectivity index is 0.00000408. The first kappa shape index (κ1) is 27.9. The molecule has 0 aliphatic carbocycles. The summed E-state index contributed by atoms with van der Waals surface area (Å²) in [5.74, 6) is -3.30. The molecule has 0 unspecified atom stereocenters. The standard InChI is InChI=1S/C22H21F4N3O4.Na/c23-15-5-3-13(4-6-15)20-19(14-2-1-8-27-12-14)28-21(22(24,25)26)29(20)9-7-16(30)10-17(31)11-18(32)33;/h1-6,8,12,16-17,30-31H,7,9-11H2,(H,32,33);/q;+1/p-1/t16-,17-;/m1./s1. The van der Waals surface area contributed by atoms with E-state index in [0.29, 0.717) is 5.56 Å². The number of carbonyl (C=O) groups is 1. The molecule has 12 heteroatoms. The van der Waals surface area contributed by atoms with E-state index in [9.17, 15) is 37.7 Å². The van der Waals surface area contributed by atoms with Gasteiger partial charge in [0.2, 0.25) is 5.82 Å². The molecule has 34 heavy (non-hydrogen) atoms. The molecule has 0 saturated heterocycles. The number of aliphatic carboxylic acids is 1. The van der Waals surface area contributed by atoms with Crippen LogP contribution in [0.3, 0.4) is 0 Å². The Labute approximate surface area is 214 Å². The van der Waals surface area contributed by atoms with Gasteiger partial charge in [-0.05, 0) is 49.2 Å². The van der Waals surface area contributed by atoms with Gasteiger partial charge in [0.1, 0.15) is 5.82 Å². The number of halogens is 4. The number of hydrogen-bond acceptors (Lipinski definition) is 6. The number of aliphatic hydroxyl groups is 2. The fraction of sp³-hybridized carbons (Fsp3) is 0.318. The van der Waals surface area contributed by atoms with Crippen LogP contribution < -0.4 is 34.7 Å². The Kier molecular flexibility index (Phi) is 9.77. The van der Waals surface area contributed by atoms with Crippen LogP contribution in [0.1, 0.15) is 25.1 Å². The summed E-state index contributed by atoms with van der Waals surface area (Å²) in [6.07, 6.45) is -6.02. The van der Waals surface area contributed by atoms with Crippen LogP contribution >= 0.6 is 0 Å². The van der Waals surface area contributed by atoms with Gasteiger partial charge in [-0.1, -0.05) is 0 Å². The summed E-state index contributed by atoms with van der Waals surface area (Å²) in [7, 11) is 0. The number of carbonyl (C=O) groups excluding carboxylic acids is 1. The summed E-state index contributed by atoms with van der Waals surface area (Å²) >= 11 is 0. The van der Waals surface area contributed by atoms with Crippen LogP contribution in [-0.2, 0) is 17.5 Å². The van der Waals surface area contributed by atoms with E-state index in [1.54, 1.807) is 6.07 Å². The molecule has 2 atom stereocenters. The summed E-state index contributed by atoms with van der Waals surface area (Å²) in [5.41, 5.74) is 0.613. The van der Waals surface area contributed by atoms with Crippen molar-refractivity contribution in [3.63, 3.8) is 0 Å². The minimum absolute atomic E-state index is 0. The number of carboxylic acid groups (broad SMARTS) is 1. The first-order valence-corrected chi connectivity index (χ1v) is 9.96. The second-order valence-electron chi connectivity index (χ2n) is 7.44. The molecule has 176 valence electrons. The second kappa shape index (κ2) is 11.9. The Hall–Kier alpha value is -2.31. The number of imidazole rings is 1. The third-order valence-electron chi connectivity index (χ3n) is 4.91. The predicted octanol–water partition coefficient (Wildman–Crippen LogP) is -0.584. The van der Waals surface area contributed by atoms with E-state index in [0.717, 1.165) is 16.7 Å². The van der Waals surface area contributed by atoms with Crippen molar-refractivity contribution in [1.82, 2.24) is 14.5 Å². The van der Waals surface area contributed by atoms with E-state index in [4.69, 9.17) is 0 Å². The molecule has 0 spiro atoms. The number of nitrogens with zero attached hydrogens (tertiary/aromatic N) is 3. The average molecular weight is 489 g/mol. The van der Waals surface area contributed by atoms with Crippen LogP contribution in [0, 0.1) is 5.82 Å². The number of pyridine rings is 1. The van der Waals surface area contributed by atoms with Gasteiger partial charge in [0.05, 0.1) is 23.6 Å². The number of alkyl halides is 3. The molecule has 0 amide bonds. The van der Waals surface area contributed by atoms with Gasteiger partial charge in [-0.25, -0.2) is 9.37 Å². The number of hydrogen-bond donors (Lipinski definition) is 2. The van der Waals surface area contributed by atoms with Gasteiger partial charge in [0.25, 0.3) is 0 Å². The van der Waals surface area contributed by atoms with Crippen molar-refractivity contribution in [3.8, 4) is 22.5 Å². The van der Waals surface area contributed by atoms with Crippen LogP contribution in [0.2, 0.25) is 0 Å². The second-order valence-corrected chi connectivity index (χ2v) is 7.44. The Bertz CT molecular complexity index is 1090. The van der Waals surface area contributed by atoms with Gasteiger partial charge in [0.15, 0.2) is 0 Å². The van der Waals surface area contributed by atoms with Crippen molar-refractivity contribution in [1.29, 1.82) is 0 Å². The third-order valence-corrected chi connectivity index (χ3v) is 4.91. The van der Waals surface area contributed by atoms with Crippen LogP contribution in [0.5, 0.6) is 0 Å². The molecular formula is C22H20F4N3NaO4. The minimum atomic E-state index is -4.84. The Morgan fingerprint density at radius 3 is 2.32 bits per heavy atom. The molecule has 0 aliphatic heterocycles. The number of carboxylic acids is 1. The number of aliphatic hydroxyl groups excluding tert-OH is 2. The normalized spacial score (nSPS) is 13.2. The monoisotopic (exact) mass is 489 g/mol. The quantitative estimate of drug-likeness (QED) is 0.307. The molecule has 7 nitrogen and oxygen atoms in total. The van der Waals surface area contributed by atoms with Crippen LogP contribution in [0.25, 0.3) is 22.5 Å². The molecule has 0 saturated carbocycles. The summed E-state index contributed by atoms with van der Waals surface area (Å²) in [4.78, 5) is 18.3. The van der Waals surface area contributed by atoms with Crippen molar-refractivity contribution in [2.45, 2.75) is 44.2 Å². The van der Waals surface area contributed by atoms with E-state index in [2.05, 4.69) is 9.97 Å². The van der Waals surface area contributed by atoms with Crippen LogP contribution in [-0.4, -0.2) is 42.9 Å². The van der Waals surface area contributed by atoms with Gasteiger partial charge in [-0.15, -0.1) is 0 Å². The summed E-state index contributed by atoms with van der Waals surface area (Å²) in [5, 5.41) is 30.4. The van der Waals surface area contributed by atoms with Crippen molar-refractivity contribution >= 4 is 5.97 Å². The maximum absolute atomic E-state index is 13.9. The fourth-order valence-corrected chi connectivity index (χ4v) is 3.48. The van der Waals surface area contributed by atoms with E-state index in [1.807, 2.05) is 0 Å². The first-order valence-electron chi connectivity index (χ1n) is 9.96. The SMILES string of the molecule is O=C([O-])C[C@H](O)C[C@H](O)CCn1c(C(F)(F)F)nc(-c2cccnc2)c1-c1ccc(F)cc1.[Na+]. The number of rotatable bonds is 9. The smallest absolute Gasteiger partial charge is 0.550 e. The average Bonchev–Trinajstić information content (AvgIpc) is 3.13. The molecular weight excluding hydrogens is 469 g/mol. The fourth-order valence-electron chi connectivity index (χ4n) is 3.48. The van der Waals surface area contributed by atoms with Gasteiger partial charge in [-0.2, -0.15) is 13.2 Å². The predicted molar refractivity (Wildman–Crippen MR) is 107 cm³/mol. The molecule has 0 bridgehead atoms. The number of benzene rings is 1. The van der Waals surface area contributed by atoms with Gasteiger partial charge in [0, 0.05) is 42.5 Å². The van der Waals surface area contributed by atoms with Crippen molar-refractivity contribution in [3.05, 3.63) is 60.4 Å². The van der Waals surface area contributed by atoms with Gasteiger partial charge in [-0.3, -0.25) is 4.98 Å². The largest absolute Gasteiger partial charge is 1.00 e. The van der Waals surface area contributed by atoms with Crippen LogP contribution in [0.4, 0.5) is 17.6 Å². The molecule has 2 N–H and O–H groups in total. The van der Waals surface area contributed by atoms with Gasteiger partial charge >= 0.3 is 35.7 Å². The summed E-state index contributed by atoms with van der Waals surface area (Å²) < 4.78 is 56.0. The number of aromatic nitrogens is 3. The third kappa shape index (κ3) is 7.09. The van der Waals surface area contributed by atoms with E-state index in [1.165, 1.54) is 30.6 Å². The zero-order chi connectivity index (χ0) is 24.2. The molecule has 0 fully saturated rings. The summed E-state index contributed by atoms with van der Waals surface area (Å²) in [6.45, 7) is -0.353. The van der Waals surface area contributed by atoms with Crippen molar-refractivity contribution < 1.29 is 67.2 Å². The molecule has 0 radical (unpaired) electrons. The zero-order valence-corrected chi connectivity index (χ0v) is 20.2. The van der Waals surface area contributed by atoms with E-state index < -0.39 is 42.4 Å². The molecule has 0 aliphatic rings. The summed E-state index contributed by atoms with van der Waals surface area (Å²) in [6, 6.07) is 7.94. The van der Waals surface area contributed by atoms with Gasteiger partial charge < -0.3 is 24.7 Å². The topological polar surface area (TPSA) is 111 Å². The van der Waals surface area contributed by atoms with Crippen molar-refractivity contribution in [2.24, 2.45) is 0 Å². The van der Waals surface area contributed by atoms with Crippen molar-refractivity contribution in [2.75, 3.05) is 0 Å².